The SMILES string of the molecule is CC.CCC(=O)c1ccc(CC)cc1. The van der Waals surface area contributed by atoms with Crippen LogP contribution in [0.5, 0.6) is 0 Å². The lowest BCUT2D eigenvalue weighted by atomic mass is 10.1. The molecule has 0 aliphatic heterocycles. The fourth-order valence-corrected chi connectivity index (χ4v) is 1.13. The molecule has 0 aliphatic carbocycles. The van der Waals surface area contributed by atoms with Crippen molar-refractivity contribution in [1.82, 2.24) is 0 Å². The molecule has 0 atom stereocenters. The van der Waals surface area contributed by atoms with Gasteiger partial charge in [-0.25, -0.2) is 0 Å². The molecule has 0 heterocycles. The molecule has 0 N–H and O–H groups in total. The van der Waals surface area contributed by atoms with Gasteiger partial charge in [-0.15, -0.1) is 0 Å². The summed E-state index contributed by atoms with van der Waals surface area (Å²) in [6.45, 7) is 7.99. The summed E-state index contributed by atoms with van der Waals surface area (Å²) in [5, 5.41) is 0. The Hall–Kier alpha value is -1.11. The predicted octanol–water partition coefficient (Wildman–Crippen LogP) is 3.87. The Balaban J connectivity index is 0.000000791. The molecule has 1 aromatic rings. The van der Waals surface area contributed by atoms with Crippen LogP contribution in [0.2, 0.25) is 0 Å². The molecule has 0 aromatic heterocycles. The van der Waals surface area contributed by atoms with E-state index in [2.05, 4.69) is 6.92 Å². The van der Waals surface area contributed by atoms with Crippen molar-refractivity contribution in [3.8, 4) is 0 Å². The molecule has 0 aliphatic rings. The first-order valence-corrected chi connectivity index (χ1v) is 5.40. The minimum absolute atomic E-state index is 0.220. The summed E-state index contributed by atoms with van der Waals surface area (Å²) >= 11 is 0. The molecular weight excluding hydrogens is 172 g/mol. The lowest BCUT2D eigenvalue weighted by molar-refractivity contribution is 0.0988. The van der Waals surface area contributed by atoms with Gasteiger partial charge in [0.1, 0.15) is 0 Å². The summed E-state index contributed by atoms with van der Waals surface area (Å²) in [6, 6.07) is 7.85. The van der Waals surface area contributed by atoms with E-state index in [-0.39, 0.29) is 5.78 Å². The molecule has 0 radical (unpaired) electrons. The van der Waals surface area contributed by atoms with Gasteiger partial charge in [-0.2, -0.15) is 0 Å². The highest BCUT2D eigenvalue weighted by Crippen LogP contribution is 2.06. The van der Waals surface area contributed by atoms with Gasteiger partial charge >= 0.3 is 0 Å². The molecule has 0 fully saturated rings. The van der Waals surface area contributed by atoms with Gasteiger partial charge in [-0.05, 0) is 12.0 Å². The number of carbonyl (C=O) groups excluding carboxylic acids is 1. The van der Waals surface area contributed by atoms with Crippen LogP contribution in [0, 0.1) is 0 Å². The van der Waals surface area contributed by atoms with Crippen LogP contribution in [-0.4, -0.2) is 5.78 Å². The second-order valence-electron chi connectivity index (χ2n) is 2.83. The van der Waals surface area contributed by atoms with Crippen LogP contribution in [0.3, 0.4) is 0 Å². The fraction of sp³-hybridized carbons (Fsp3) is 0.462. The van der Waals surface area contributed by atoms with E-state index >= 15 is 0 Å². The molecular formula is C13H20O. The van der Waals surface area contributed by atoms with Crippen LogP contribution in [0.4, 0.5) is 0 Å². The summed E-state index contributed by atoms with van der Waals surface area (Å²) in [4.78, 5) is 11.2. The maximum absolute atomic E-state index is 11.2. The van der Waals surface area contributed by atoms with Gasteiger partial charge in [0.05, 0.1) is 0 Å². The van der Waals surface area contributed by atoms with E-state index in [9.17, 15) is 4.79 Å². The lowest BCUT2D eigenvalue weighted by Crippen LogP contribution is -1.95. The van der Waals surface area contributed by atoms with Crippen LogP contribution >= 0.6 is 0 Å². The second-order valence-corrected chi connectivity index (χ2v) is 2.83. The van der Waals surface area contributed by atoms with E-state index in [0.29, 0.717) is 6.42 Å². The average Bonchev–Trinajstić information content (AvgIpc) is 2.31. The molecule has 14 heavy (non-hydrogen) atoms. The maximum atomic E-state index is 11.2. The Bertz CT molecular complexity index is 259. The first kappa shape index (κ1) is 12.9. The average molecular weight is 192 g/mol. The predicted molar refractivity (Wildman–Crippen MR) is 61.8 cm³/mol. The van der Waals surface area contributed by atoms with E-state index in [1.165, 1.54) is 5.56 Å². The monoisotopic (exact) mass is 192 g/mol. The summed E-state index contributed by atoms with van der Waals surface area (Å²) in [5.74, 6) is 0.220. The van der Waals surface area contributed by atoms with E-state index in [1.54, 1.807) is 0 Å². The highest BCUT2D eigenvalue weighted by molar-refractivity contribution is 5.95. The number of carbonyl (C=O) groups is 1. The van der Waals surface area contributed by atoms with Crippen LogP contribution in [0.15, 0.2) is 24.3 Å². The maximum Gasteiger partial charge on any atom is 0.162 e. The van der Waals surface area contributed by atoms with E-state index in [0.717, 1.165) is 12.0 Å². The van der Waals surface area contributed by atoms with E-state index in [4.69, 9.17) is 0 Å². The fourth-order valence-electron chi connectivity index (χ4n) is 1.13. The van der Waals surface area contributed by atoms with Gasteiger partial charge in [0, 0.05) is 12.0 Å². The Labute approximate surface area is 87.2 Å². The number of rotatable bonds is 3. The van der Waals surface area contributed by atoms with Gasteiger partial charge in [0.25, 0.3) is 0 Å². The van der Waals surface area contributed by atoms with Crippen molar-refractivity contribution in [2.45, 2.75) is 40.5 Å². The number of hydrogen-bond donors (Lipinski definition) is 0. The van der Waals surface area contributed by atoms with Crippen molar-refractivity contribution in [1.29, 1.82) is 0 Å². The minimum atomic E-state index is 0.220. The molecule has 0 bridgehead atoms. The molecule has 78 valence electrons. The molecule has 1 rings (SSSR count). The van der Waals surface area contributed by atoms with Crippen molar-refractivity contribution in [2.75, 3.05) is 0 Å². The number of aryl methyl sites for hydroxylation is 1. The summed E-state index contributed by atoms with van der Waals surface area (Å²) in [7, 11) is 0. The third kappa shape index (κ3) is 3.73. The van der Waals surface area contributed by atoms with E-state index in [1.807, 2.05) is 45.0 Å². The Morgan fingerprint density at radius 2 is 1.57 bits per heavy atom. The van der Waals surface area contributed by atoms with Crippen molar-refractivity contribution < 1.29 is 4.79 Å². The number of ketones is 1. The first-order valence-electron chi connectivity index (χ1n) is 5.40. The Morgan fingerprint density at radius 1 is 1.07 bits per heavy atom. The first-order chi connectivity index (χ1) is 6.77. The van der Waals surface area contributed by atoms with Crippen molar-refractivity contribution in [2.24, 2.45) is 0 Å². The topological polar surface area (TPSA) is 17.1 Å². The molecule has 0 spiro atoms. The molecule has 0 amide bonds. The van der Waals surface area contributed by atoms with Gasteiger partial charge in [-0.1, -0.05) is 52.0 Å². The van der Waals surface area contributed by atoms with Crippen LogP contribution in [-0.2, 0) is 6.42 Å². The molecule has 0 saturated heterocycles. The van der Waals surface area contributed by atoms with Crippen LogP contribution < -0.4 is 0 Å². The van der Waals surface area contributed by atoms with Gasteiger partial charge in [-0.3, -0.25) is 4.79 Å². The second kappa shape index (κ2) is 7.31. The van der Waals surface area contributed by atoms with E-state index < -0.39 is 0 Å². The molecule has 1 heteroatoms. The summed E-state index contributed by atoms with van der Waals surface area (Å²) in [5.41, 5.74) is 2.11. The number of hydrogen-bond acceptors (Lipinski definition) is 1. The van der Waals surface area contributed by atoms with Gasteiger partial charge < -0.3 is 0 Å². The molecule has 0 saturated carbocycles. The summed E-state index contributed by atoms with van der Waals surface area (Å²) in [6.07, 6.45) is 1.62. The normalized spacial score (nSPS) is 8.86. The molecule has 1 aromatic carbocycles. The van der Waals surface area contributed by atoms with Gasteiger partial charge in [0.15, 0.2) is 5.78 Å². The van der Waals surface area contributed by atoms with Crippen molar-refractivity contribution >= 4 is 5.78 Å². The zero-order valence-corrected chi connectivity index (χ0v) is 9.63. The third-order valence-electron chi connectivity index (χ3n) is 2.01. The number of Topliss-reactive ketones (excluding diaryl/α,β-unsaturated/α-hetero) is 1. The van der Waals surface area contributed by atoms with Crippen LogP contribution in [0.1, 0.15) is 50.0 Å². The lowest BCUT2D eigenvalue weighted by Gasteiger charge is -1.99. The van der Waals surface area contributed by atoms with Crippen LogP contribution in [0.25, 0.3) is 0 Å². The van der Waals surface area contributed by atoms with Gasteiger partial charge in [0.2, 0.25) is 0 Å². The highest BCUT2D eigenvalue weighted by Gasteiger charge is 2.00. The zero-order valence-electron chi connectivity index (χ0n) is 9.63. The minimum Gasteiger partial charge on any atom is -0.294 e. The third-order valence-corrected chi connectivity index (χ3v) is 2.01. The Kier molecular flexibility index (Phi) is 6.73. The quantitative estimate of drug-likeness (QED) is 0.664. The highest BCUT2D eigenvalue weighted by atomic mass is 16.1. The standard InChI is InChI=1S/C11H14O.C2H6/c1-3-9-5-7-10(8-6-9)11(12)4-2;1-2/h5-8H,3-4H2,1-2H3;1-2H3. The van der Waals surface area contributed by atoms with Crippen molar-refractivity contribution in [3.05, 3.63) is 35.4 Å². The smallest absolute Gasteiger partial charge is 0.162 e. The number of benzene rings is 1. The largest absolute Gasteiger partial charge is 0.294 e. The molecule has 0 unspecified atom stereocenters. The Morgan fingerprint density at radius 3 is 1.93 bits per heavy atom. The zero-order chi connectivity index (χ0) is 11.0. The molecule has 1 nitrogen and oxygen atoms in total. The van der Waals surface area contributed by atoms with Crippen molar-refractivity contribution in [3.63, 3.8) is 0 Å². The summed E-state index contributed by atoms with van der Waals surface area (Å²) < 4.78 is 0.